The average molecular weight is 685 g/mol. The fourth-order valence-corrected chi connectivity index (χ4v) is 6.24. The Balaban J connectivity index is 1.99. The van der Waals surface area contributed by atoms with Crippen molar-refractivity contribution in [1.82, 2.24) is 0 Å². The molecule has 0 spiro atoms. The van der Waals surface area contributed by atoms with Crippen molar-refractivity contribution in [2.75, 3.05) is 41.5 Å². The van der Waals surface area contributed by atoms with Crippen LogP contribution in [0.25, 0.3) is 0 Å². The summed E-state index contributed by atoms with van der Waals surface area (Å²) in [7, 11) is 4.64. The molecule has 272 valence electrons. The van der Waals surface area contributed by atoms with E-state index in [2.05, 4.69) is 26.8 Å². The molecule has 10 nitrogen and oxygen atoms in total. The number of methoxy groups -OCH3 is 3. The minimum Gasteiger partial charge on any atom is -0.497 e. The zero-order valence-corrected chi connectivity index (χ0v) is 30.8. The van der Waals surface area contributed by atoms with E-state index in [0.29, 0.717) is 50.1 Å². The van der Waals surface area contributed by atoms with Crippen molar-refractivity contribution in [3.8, 4) is 17.2 Å². The number of hydrogen-bond acceptors (Lipinski definition) is 10. The lowest BCUT2D eigenvalue weighted by molar-refractivity contribution is -0.299. The molecule has 1 saturated heterocycles. The number of rotatable bonds is 21. The van der Waals surface area contributed by atoms with Crippen LogP contribution in [0.5, 0.6) is 17.2 Å². The standard InChI is InChI=1S/C39H56O10/c1-10-12-28(23-45-22-27-14-16-30(44-9)17-15-27)34-20-35(49-39(5,6)48-34)31(13-11-2)36(41)32-19-29(18-26(3)4)37(46-24-42-7)33(21-40)38(32)47-25-43-8/h12,14-17,19,21,26,31,34-35H,10-11,13,18,20,22-25H2,1-9H3/b28-12+/t31-,34+,35+/m0/s1. The van der Waals surface area contributed by atoms with Crippen LogP contribution in [0, 0.1) is 11.8 Å². The first kappa shape index (κ1) is 40.2. The average Bonchev–Trinajstić information content (AvgIpc) is 3.07. The molecule has 0 N–H and O–H groups in total. The molecular weight excluding hydrogens is 628 g/mol. The summed E-state index contributed by atoms with van der Waals surface area (Å²) in [5, 5.41) is 0. The van der Waals surface area contributed by atoms with Crippen molar-refractivity contribution >= 4 is 12.1 Å². The predicted molar refractivity (Wildman–Crippen MR) is 188 cm³/mol. The third-order valence-electron chi connectivity index (χ3n) is 8.27. The van der Waals surface area contributed by atoms with Gasteiger partial charge in [0, 0.05) is 26.6 Å². The van der Waals surface area contributed by atoms with Crippen molar-refractivity contribution in [2.45, 2.75) is 98.2 Å². The minimum absolute atomic E-state index is 0.0643. The first-order valence-corrected chi connectivity index (χ1v) is 17.2. The second-order valence-corrected chi connectivity index (χ2v) is 13.2. The quantitative estimate of drug-likeness (QED) is 0.0561. The van der Waals surface area contributed by atoms with Crippen LogP contribution < -0.4 is 14.2 Å². The third kappa shape index (κ3) is 11.4. The largest absolute Gasteiger partial charge is 0.497 e. The van der Waals surface area contributed by atoms with Gasteiger partial charge in [0.1, 0.15) is 17.2 Å². The highest BCUT2D eigenvalue weighted by Crippen LogP contribution is 2.41. The van der Waals surface area contributed by atoms with Crippen molar-refractivity contribution in [3.05, 3.63) is 64.2 Å². The predicted octanol–water partition coefficient (Wildman–Crippen LogP) is 7.73. The Labute approximate surface area is 292 Å². The van der Waals surface area contributed by atoms with Gasteiger partial charge in [0.15, 0.2) is 31.4 Å². The Hall–Kier alpha value is -3.28. The number of allylic oxidation sites excluding steroid dienone is 1. The second kappa shape index (κ2) is 19.8. The van der Waals surface area contributed by atoms with Crippen molar-refractivity contribution < 1.29 is 47.5 Å². The number of ketones is 1. The van der Waals surface area contributed by atoms with E-state index < -0.39 is 17.8 Å². The normalized spacial score (nSPS) is 18.3. The summed E-state index contributed by atoms with van der Waals surface area (Å²) in [5.41, 5.74) is 3.22. The van der Waals surface area contributed by atoms with E-state index in [1.54, 1.807) is 13.2 Å². The Morgan fingerprint density at radius 1 is 1.00 bits per heavy atom. The van der Waals surface area contributed by atoms with Crippen LogP contribution in [-0.2, 0) is 36.7 Å². The van der Waals surface area contributed by atoms with Crippen LogP contribution >= 0.6 is 0 Å². The lowest BCUT2D eigenvalue weighted by Crippen LogP contribution is -2.49. The molecular formula is C39H56O10. The van der Waals surface area contributed by atoms with Crippen molar-refractivity contribution in [3.63, 3.8) is 0 Å². The number of benzene rings is 2. The van der Waals surface area contributed by atoms with Gasteiger partial charge in [-0.2, -0.15) is 0 Å². The van der Waals surface area contributed by atoms with Crippen LogP contribution in [0.1, 0.15) is 99.1 Å². The summed E-state index contributed by atoms with van der Waals surface area (Å²) in [6.07, 6.45) is 5.15. The molecule has 0 amide bonds. The van der Waals surface area contributed by atoms with Gasteiger partial charge in [-0.05, 0) is 73.9 Å². The van der Waals surface area contributed by atoms with Gasteiger partial charge in [-0.3, -0.25) is 9.59 Å². The Bertz CT molecular complexity index is 1360. The molecule has 1 heterocycles. The molecule has 1 aliphatic rings. The van der Waals surface area contributed by atoms with Crippen molar-refractivity contribution in [1.29, 1.82) is 0 Å². The SMILES string of the molecule is CC/C=C(\COCc1ccc(OC)cc1)[C@H]1C[C@H]([C@H](CCC)C(=O)c2cc(CC(C)C)c(OCOC)c(C=O)c2OCOC)OC(C)(C)O1. The van der Waals surface area contributed by atoms with Gasteiger partial charge >= 0.3 is 0 Å². The number of carbonyl (C=O) groups excluding carboxylic acids is 2. The maximum Gasteiger partial charge on any atom is 0.188 e. The van der Waals surface area contributed by atoms with E-state index in [-0.39, 0.29) is 42.7 Å². The third-order valence-corrected chi connectivity index (χ3v) is 8.27. The van der Waals surface area contributed by atoms with Gasteiger partial charge in [-0.25, -0.2) is 0 Å². The zero-order valence-electron chi connectivity index (χ0n) is 30.8. The maximum absolute atomic E-state index is 14.8. The number of Topliss-reactive ketones (excluding diaryl/α,β-unsaturated/α-hetero) is 1. The highest BCUT2D eigenvalue weighted by Gasteiger charge is 2.43. The van der Waals surface area contributed by atoms with Crippen LogP contribution in [0.3, 0.4) is 0 Å². The smallest absolute Gasteiger partial charge is 0.188 e. The molecule has 3 atom stereocenters. The first-order chi connectivity index (χ1) is 23.5. The Morgan fingerprint density at radius 3 is 2.24 bits per heavy atom. The second-order valence-electron chi connectivity index (χ2n) is 13.2. The fraction of sp³-hybridized carbons (Fsp3) is 0.590. The molecule has 0 saturated carbocycles. The summed E-state index contributed by atoms with van der Waals surface area (Å²) < 4.78 is 46.7. The van der Waals surface area contributed by atoms with Gasteiger partial charge in [0.2, 0.25) is 0 Å². The Morgan fingerprint density at radius 2 is 1.67 bits per heavy atom. The van der Waals surface area contributed by atoms with Crippen LogP contribution in [0.4, 0.5) is 0 Å². The van der Waals surface area contributed by atoms with Gasteiger partial charge in [0.25, 0.3) is 0 Å². The summed E-state index contributed by atoms with van der Waals surface area (Å²) in [6, 6.07) is 9.59. The van der Waals surface area contributed by atoms with E-state index in [4.69, 9.17) is 37.9 Å². The Kier molecular flexibility index (Phi) is 16.2. The molecule has 10 heteroatoms. The molecule has 1 fully saturated rings. The van der Waals surface area contributed by atoms with Crippen LogP contribution in [0.2, 0.25) is 0 Å². The number of aldehydes is 1. The van der Waals surface area contributed by atoms with E-state index in [1.165, 1.54) is 14.2 Å². The summed E-state index contributed by atoms with van der Waals surface area (Å²) in [4.78, 5) is 27.4. The lowest BCUT2D eigenvalue weighted by Gasteiger charge is -2.44. The molecule has 0 unspecified atom stereocenters. The summed E-state index contributed by atoms with van der Waals surface area (Å²) in [6.45, 7) is 12.6. The number of hydrogen-bond donors (Lipinski definition) is 0. The zero-order chi connectivity index (χ0) is 36.0. The van der Waals surface area contributed by atoms with Crippen LogP contribution in [-0.4, -0.2) is 71.6 Å². The number of ether oxygens (including phenoxy) is 8. The maximum atomic E-state index is 14.8. The highest BCUT2D eigenvalue weighted by atomic mass is 16.7. The monoisotopic (exact) mass is 684 g/mol. The highest BCUT2D eigenvalue weighted by molar-refractivity contribution is 6.04. The van der Waals surface area contributed by atoms with E-state index in [9.17, 15) is 9.59 Å². The van der Waals surface area contributed by atoms with Gasteiger partial charge in [-0.15, -0.1) is 0 Å². The van der Waals surface area contributed by atoms with Crippen molar-refractivity contribution in [2.24, 2.45) is 11.8 Å². The molecule has 2 aromatic rings. The molecule has 2 aromatic carbocycles. The van der Waals surface area contributed by atoms with E-state index in [1.807, 2.05) is 45.0 Å². The van der Waals surface area contributed by atoms with Gasteiger partial charge in [0.05, 0.1) is 43.7 Å². The topological polar surface area (TPSA) is 108 Å². The lowest BCUT2D eigenvalue weighted by atomic mass is 9.82. The molecule has 49 heavy (non-hydrogen) atoms. The summed E-state index contributed by atoms with van der Waals surface area (Å²) >= 11 is 0. The first-order valence-electron chi connectivity index (χ1n) is 17.2. The van der Waals surface area contributed by atoms with Gasteiger partial charge in [-0.1, -0.05) is 52.3 Å². The minimum atomic E-state index is -0.966. The fourth-order valence-electron chi connectivity index (χ4n) is 6.24. The molecule has 0 aromatic heterocycles. The number of carbonyl (C=O) groups is 2. The molecule has 3 rings (SSSR count). The molecule has 0 aliphatic carbocycles. The van der Waals surface area contributed by atoms with Crippen LogP contribution in [0.15, 0.2) is 42.0 Å². The summed E-state index contributed by atoms with van der Waals surface area (Å²) in [5.74, 6) is -0.191. The van der Waals surface area contributed by atoms with E-state index in [0.717, 1.165) is 35.3 Å². The van der Waals surface area contributed by atoms with E-state index >= 15 is 0 Å². The molecule has 1 aliphatic heterocycles. The van der Waals surface area contributed by atoms with Gasteiger partial charge < -0.3 is 37.9 Å². The molecule has 0 bridgehead atoms. The molecule has 0 radical (unpaired) electrons.